The summed E-state index contributed by atoms with van der Waals surface area (Å²) >= 11 is 10.9. The number of carbonyl (C=O) groups is 1. The number of hydrogen-bond donors (Lipinski definition) is 1. The van der Waals surface area contributed by atoms with Gasteiger partial charge in [-0.1, -0.05) is 39.3 Å². The van der Waals surface area contributed by atoms with E-state index in [4.69, 9.17) is 11.6 Å². The van der Waals surface area contributed by atoms with Gasteiger partial charge in [-0.15, -0.1) is 5.10 Å². The van der Waals surface area contributed by atoms with E-state index in [1.54, 1.807) is 10.7 Å². The summed E-state index contributed by atoms with van der Waals surface area (Å²) in [6, 6.07) is 13.3. The van der Waals surface area contributed by atoms with Crippen LogP contribution < -0.4 is 10.2 Å². The van der Waals surface area contributed by atoms with Crippen LogP contribution in [0.15, 0.2) is 52.1 Å². The number of rotatable bonds is 6. The van der Waals surface area contributed by atoms with E-state index < -0.39 is 0 Å². The number of amides is 1. The summed E-state index contributed by atoms with van der Waals surface area (Å²) in [5.74, 6) is 0.0499. The number of carbonyl (C=O) groups excluding carboxylic acids is 1. The van der Waals surface area contributed by atoms with Crippen LogP contribution in [0.5, 0.6) is 0 Å². The molecular weight excluding hydrogens is 488 g/mol. The second-order valence-corrected chi connectivity index (χ2v) is 9.19. The Labute approximate surface area is 192 Å². The SMILES string of the molecule is O=C(CSc1nnnn1-c1ccc(Br)cc1)Nc1cc(Cl)ccc1N1CCCCC1. The molecule has 3 aromatic rings. The van der Waals surface area contributed by atoms with Gasteiger partial charge >= 0.3 is 0 Å². The molecule has 0 atom stereocenters. The Balaban J connectivity index is 1.43. The third kappa shape index (κ3) is 5.14. The fourth-order valence-corrected chi connectivity index (χ4v) is 4.48. The Bertz CT molecular complexity index is 1020. The molecule has 0 aliphatic carbocycles. The van der Waals surface area contributed by atoms with Crippen LogP contribution in [0.1, 0.15) is 19.3 Å². The Kier molecular flexibility index (Phi) is 6.91. The van der Waals surface area contributed by atoms with Gasteiger partial charge in [0.05, 0.1) is 22.8 Å². The highest BCUT2D eigenvalue weighted by Gasteiger charge is 2.17. The fraction of sp³-hybridized carbons (Fsp3) is 0.300. The molecule has 1 fully saturated rings. The van der Waals surface area contributed by atoms with Gasteiger partial charge in [-0.05, 0) is 72.2 Å². The number of benzene rings is 2. The number of nitrogens with one attached hydrogen (secondary N) is 1. The monoisotopic (exact) mass is 506 g/mol. The molecule has 1 N–H and O–H groups in total. The minimum absolute atomic E-state index is 0.133. The number of aromatic nitrogens is 4. The second kappa shape index (κ2) is 9.80. The van der Waals surface area contributed by atoms with Crippen LogP contribution in [-0.4, -0.2) is 45.0 Å². The van der Waals surface area contributed by atoms with Crippen molar-refractivity contribution in [3.05, 3.63) is 52.0 Å². The zero-order valence-electron chi connectivity index (χ0n) is 16.1. The van der Waals surface area contributed by atoms with Crippen molar-refractivity contribution in [3.63, 3.8) is 0 Å². The third-order valence-electron chi connectivity index (χ3n) is 4.77. The average molecular weight is 508 g/mol. The van der Waals surface area contributed by atoms with Gasteiger partial charge in [-0.2, -0.15) is 4.68 Å². The first-order valence-electron chi connectivity index (χ1n) is 9.61. The maximum absolute atomic E-state index is 12.7. The van der Waals surface area contributed by atoms with Crippen molar-refractivity contribution >= 4 is 56.6 Å². The molecule has 0 unspecified atom stereocenters. The average Bonchev–Trinajstić information content (AvgIpc) is 3.22. The number of tetrazole rings is 1. The Hall–Kier alpha value is -2.10. The summed E-state index contributed by atoms with van der Waals surface area (Å²) in [7, 11) is 0. The van der Waals surface area contributed by atoms with Gasteiger partial charge in [0.25, 0.3) is 0 Å². The van der Waals surface area contributed by atoms with E-state index in [-0.39, 0.29) is 11.7 Å². The van der Waals surface area contributed by atoms with Gasteiger partial charge in [-0.25, -0.2) is 0 Å². The van der Waals surface area contributed by atoms with Crippen molar-refractivity contribution in [2.75, 3.05) is 29.1 Å². The molecule has 1 aromatic heterocycles. The molecule has 2 heterocycles. The Morgan fingerprint density at radius 3 is 2.67 bits per heavy atom. The number of hydrogen-bond acceptors (Lipinski definition) is 6. The van der Waals surface area contributed by atoms with E-state index in [0.717, 1.165) is 47.5 Å². The molecule has 0 radical (unpaired) electrons. The van der Waals surface area contributed by atoms with Crippen molar-refractivity contribution in [1.29, 1.82) is 0 Å². The molecule has 1 amide bonds. The smallest absolute Gasteiger partial charge is 0.234 e. The second-order valence-electron chi connectivity index (χ2n) is 6.90. The van der Waals surface area contributed by atoms with Gasteiger partial charge < -0.3 is 10.2 Å². The van der Waals surface area contributed by atoms with Crippen LogP contribution in [0, 0.1) is 0 Å². The molecule has 0 spiro atoms. The number of thioether (sulfide) groups is 1. The van der Waals surface area contributed by atoms with E-state index in [1.807, 2.05) is 36.4 Å². The van der Waals surface area contributed by atoms with Gasteiger partial charge in [0.15, 0.2) is 0 Å². The molecule has 4 rings (SSSR count). The van der Waals surface area contributed by atoms with E-state index >= 15 is 0 Å². The molecule has 0 bridgehead atoms. The zero-order chi connectivity index (χ0) is 20.9. The highest BCUT2D eigenvalue weighted by Crippen LogP contribution is 2.31. The van der Waals surface area contributed by atoms with Crippen molar-refractivity contribution in [3.8, 4) is 5.69 Å². The fourth-order valence-electron chi connectivity index (χ4n) is 3.35. The summed E-state index contributed by atoms with van der Waals surface area (Å²) in [6.07, 6.45) is 3.56. The molecule has 0 saturated carbocycles. The Morgan fingerprint density at radius 2 is 1.90 bits per heavy atom. The molecule has 2 aromatic carbocycles. The molecule has 1 aliphatic rings. The highest BCUT2D eigenvalue weighted by atomic mass is 79.9. The van der Waals surface area contributed by atoms with Crippen LogP contribution in [-0.2, 0) is 4.79 Å². The number of piperidine rings is 1. The standard InChI is InChI=1S/C20H20BrClN6OS/c21-14-4-7-16(8-5-14)28-20(24-25-26-28)30-13-19(29)23-17-12-15(22)6-9-18(17)27-10-2-1-3-11-27/h4-9,12H,1-3,10-11,13H2,(H,23,29). The van der Waals surface area contributed by atoms with Gasteiger partial charge in [0, 0.05) is 22.6 Å². The highest BCUT2D eigenvalue weighted by molar-refractivity contribution is 9.10. The van der Waals surface area contributed by atoms with Crippen molar-refractivity contribution < 1.29 is 4.79 Å². The van der Waals surface area contributed by atoms with Crippen molar-refractivity contribution in [2.24, 2.45) is 0 Å². The molecule has 156 valence electrons. The number of anilines is 2. The van der Waals surface area contributed by atoms with Crippen LogP contribution in [0.3, 0.4) is 0 Å². The predicted octanol–water partition coefficient (Wildman–Crippen LogP) is 4.80. The first-order chi connectivity index (χ1) is 14.6. The maximum Gasteiger partial charge on any atom is 0.234 e. The van der Waals surface area contributed by atoms with Gasteiger partial charge in [0.1, 0.15) is 0 Å². The first-order valence-corrected chi connectivity index (χ1v) is 11.8. The summed E-state index contributed by atoms with van der Waals surface area (Å²) in [6.45, 7) is 1.97. The predicted molar refractivity (Wildman–Crippen MR) is 124 cm³/mol. The molecule has 10 heteroatoms. The van der Waals surface area contributed by atoms with Crippen LogP contribution in [0.25, 0.3) is 5.69 Å². The summed E-state index contributed by atoms with van der Waals surface area (Å²) in [4.78, 5) is 15.0. The molecule has 30 heavy (non-hydrogen) atoms. The molecule has 1 aliphatic heterocycles. The van der Waals surface area contributed by atoms with E-state index in [9.17, 15) is 4.79 Å². The van der Waals surface area contributed by atoms with Crippen LogP contribution >= 0.6 is 39.3 Å². The largest absolute Gasteiger partial charge is 0.370 e. The van der Waals surface area contributed by atoms with E-state index in [2.05, 4.69) is 41.7 Å². The molecule has 1 saturated heterocycles. The lowest BCUT2D eigenvalue weighted by Crippen LogP contribution is -2.30. The van der Waals surface area contributed by atoms with Gasteiger partial charge in [-0.3, -0.25) is 4.79 Å². The lowest BCUT2D eigenvalue weighted by atomic mass is 10.1. The zero-order valence-corrected chi connectivity index (χ0v) is 19.3. The number of nitrogens with zero attached hydrogens (tertiary/aromatic N) is 5. The van der Waals surface area contributed by atoms with Crippen LogP contribution in [0.4, 0.5) is 11.4 Å². The summed E-state index contributed by atoms with van der Waals surface area (Å²) < 4.78 is 2.59. The molecule has 7 nitrogen and oxygen atoms in total. The quantitative estimate of drug-likeness (QED) is 0.483. The van der Waals surface area contributed by atoms with Crippen molar-refractivity contribution in [2.45, 2.75) is 24.4 Å². The van der Waals surface area contributed by atoms with Crippen LogP contribution in [0.2, 0.25) is 5.02 Å². The minimum Gasteiger partial charge on any atom is -0.370 e. The lowest BCUT2D eigenvalue weighted by molar-refractivity contribution is -0.113. The number of halogens is 2. The topological polar surface area (TPSA) is 75.9 Å². The Morgan fingerprint density at radius 1 is 1.13 bits per heavy atom. The summed E-state index contributed by atoms with van der Waals surface area (Å²) in [5, 5.41) is 16.0. The van der Waals surface area contributed by atoms with E-state index in [1.165, 1.54) is 18.2 Å². The molecular formula is C20H20BrClN6OS. The summed E-state index contributed by atoms with van der Waals surface area (Å²) in [5.41, 5.74) is 2.58. The third-order valence-corrected chi connectivity index (χ3v) is 6.46. The van der Waals surface area contributed by atoms with E-state index in [0.29, 0.717) is 10.2 Å². The van der Waals surface area contributed by atoms with Crippen molar-refractivity contribution in [1.82, 2.24) is 20.2 Å². The first kappa shape index (κ1) is 21.1. The normalized spacial score (nSPS) is 14.0. The lowest BCUT2D eigenvalue weighted by Gasteiger charge is -2.30. The maximum atomic E-state index is 12.7. The van der Waals surface area contributed by atoms with Gasteiger partial charge in [0.2, 0.25) is 11.1 Å². The minimum atomic E-state index is -0.133.